The SMILES string of the molecule is CC(=O)c1ccc(S(=O)(=O)N(C)CC(=O)OCc2ccc(-c3ccccc3)cc2)cc1. The van der Waals surface area contributed by atoms with Crippen molar-refractivity contribution in [2.75, 3.05) is 13.6 Å². The number of nitrogens with zero attached hydrogens (tertiary/aromatic N) is 1. The first-order chi connectivity index (χ1) is 14.8. The molecule has 31 heavy (non-hydrogen) atoms. The molecule has 0 unspecified atom stereocenters. The topological polar surface area (TPSA) is 80.8 Å². The summed E-state index contributed by atoms with van der Waals surface area (Å²) < 4.78 is 31.4. The van der Waals surface area contributed by atoms with Crippen LogP contribution >= 0.6 is 0 Å². The van der Waals surface area contributed by atoms with Crippen LogP contribution in [0.5, 0.6) is 0 Å². The minimum Gasteiger partial charge on any atom is -0.460 e. The Morgan fingerprint density at radius 1 is 0.839 bits per heavy atom. The van der Waals surface area contributed by atoms with Crippen molar-refractivity contribution in [1.29, 1.82) is 0 Å². The van der Waals surface area contributed by atoms with E-state index in [1.165, 1.54) is 38.2 Å². The standard InChI is InChI=1S/C24H23NO5S/c1-18(26)20-12-14-23(15-13-20)31(28,29)25(2)16-24(27)30-17-19-8-10-22(11-9-19)21-6-4-3-5-7-21/h3-15H,16-17H2,1-2H3. The molecular formula is C24H23NO5S. The van der Waals surface area contributed by atoms with Crippen molar-refractivity contribution < 1.29 is 22.7 Å². The van der Waals surface area contributed by atoms with E-state index in [2.05, 4.69) is 0 Å². The van der Waals surface area contributed by atoms with E-state index >= 15 is 0 Å². The zero-order valence-electron chi connectivity index (χ0n) is 17.3. The molecule has 0 atom stereocenters. The number of carbonyl (C=O) groups is 2. The summed E-state index contributed by atoms with van der Waals surface area (Å²) in [7, 11) is -2.56. The second-order valence-electron chi connectivity index (χ2n) is 7.07. The molecular weight excluding hydrogens is 414 g/mol. The molecule has 3 aromatic rings. The van der Waals surface area contributed by atoms with Gasteiger partial charge in [-0.05, 0) is 35.7 Å². The van der Waals surface area contributed by atoms with Gasteiger partial charge in [-0.15, -0.1) is 0 Å². The normalized spacial score (nSPS) is 11.3. The highest BCUT2D eigenvalue weighted by atomic mass is 32.2. The fourth-order valence-corrected chi connectivity index (χ4v) is 4.06. The van der Waals surface area contributed by atoms with Crippen LogP contribution in [0.1, 0.15) is 22.8 Å². The Kier molecular flexibility index (Phi) is 6.99. The van der Waals surface area contributed by atoms with Gasteiger partial charge in [0.15, 0.2) is 5.78 Å². The molecule has 3 rings (SSSR count). The molecule has 7 heteroatoms. The molecule has 0 N–H and O–H groups in total. The van der Waals surface area contributed by atoms with Gasteiger partial charge in [0, 0.05) is 12.6 Å². The van der Waals surface area contributed by atoms with E-state index in [4.69, 9.17) is 4.74 Å². The smallest absolute Gasteiger partial charge is 0.321 e. The molecule has 6 nitrogen and oxygen atoms in total. The number of likely N-dealkylation sites (N-methyl/N-ethyl adjacent to an activating group) is 1. The third kappa shape index (κ3) is 5.65. The summed E-state index contributed by atoms with van der Waals surface area (Å²) in [4.78, 5) is 23.5. The maximum absolute atomic E-state index is 12.6. The predicted molar refractivity (Wildman–Crippen MR) is 118 cm³/mol. The number of rotatable bonds is 8. The summed E-state index contributed by atoms with van der Waals surface area (Å²) in [6.45, 7) is 1.04. The van der Waals surface area contributed by atoms with Crippen molar-refractivity contribution in [3.8, 4) is 11.1 Å². The number of sulfonamides is 1. The lowest BCUT2D eigenvalue weighted by Gasteiger charge is -2.16. The first-order valence-corrected chi connectivity index (χ1v) is 11.1. The summed E-state index contributed by atoms with van der Waals surface area (Å²) in [5.74, 6) is -0.809. The summed E-state index contributed by atoms with van der Waals surface area (Å²) in [5, 5.41) is 0. The first-order valence-electron chi connectivity index (χ1n) is 9.65. The highest BCUT2D eigenvalue weighted by molar-refractivity contribution is 7.89. The Bertz CT molecular complexity index is 1150. The van der Waals surface area contributed by atoms with Crippen molar-refractivity contribution >= 4 is 21.8 Å². The highest BCUT2D eigenvalue weighted by Crippen LogP contribution is 2.20. The van der Waals surface area contributed by atoms with Gasteiger partial charge in [0.1, 0.15) is 13.2 Å². The predicted octanol–water partition coefficient (Wildman–Crippen LogP) is 3.92. The van der Waals surface area contributed by atoms with Crippen molar-refractivity contribution in [3.63, 3.8) is 0 Å². The fourth-order valence-electron chi connectivity index (χ4n) is 2.94. The van der Waals surface area contributed by atoms with Gasteiger partial charge in [0.05, 0.1) is 4.90 Å². The number of Topliss-reactive ketones (excluding diaryl/α,β-unsaturated/α-hetero) is 1. The minimum atomic E-state index is -3.87. The van der Waals surface area contributed by atoms with Crippen molar-refractivity contribution in [2.24, 2.45) is 0 Å². The van der Waals surface area contributed by atoms with Gasteiger partial charge in [0.25, 0.3) is 0 Å². The second-order valence-corrected chi connectivity index (χ2v) is 9.11. The maximum Gasteiger partial charge on any atom is 0.321 e. The molecule has 0 aromatic heterocycles. The molecule has 0 saturated heterocycles. The minimum absolute atomic E-state index is 0.00398. The van der Waals surface area contributed by atoms with Crippen LogP contribution in [0.15, 0.2) is 83.8 Å². The van der Waals surface area contributed by atoms with Gasteiger partial charge in [-0.1, -0.05) is 66.7 Å². The molecule has 0 saturated carbocycles. The van der Waals surface area contributed by atoms with Crippen LogP contribution in [0.2, 0.25) is 0 Å². The van der Waals surface area contributed by atoms with Crippen molar-refractivity contribution in [3.05, 3.63) is 90.0 Å². The van der Waals surface area contributed by atoms with Crippen LogP contribution in [0.25, 0.3) is 11.1 Å². The largest absolute Gasteiger partial charge is 0.460 e. The summed E-state index contributed by atoms with van der Waals surface area (Å²) in [5.41, 5.74) is 3.36. The summed E-state index contributed by atoms with van der Waals surface area (Å²) in [6, 6.07) is 23.1. The Morgan fingerprint density at radius 3 is 2.00 bits per heavy atom. The third-order valence-corrected chi connectivity index (χ3v) is 6.60. The van der Waals surface area contributed by atoms with E-state index in [0.29, 0.717) is 5.56 Å². The van der Waals surface area contributed by atoms with E-state index in [-0.39, 0.29) is 17.3 Å². The van der Waals surface area contributed by atoms with E-state index in [1.54, 1.807) is 0 Å². The summed E-state index contributed by atoms with van der Waals surface area (Å²) >= 11 is 0. The molecule has 0 bridgehead atoms. The van der Waals surface area contributed by atoms with E-state index in [9.17, 15) is 18.0 Å². The van der Waals surface area contributed by atoms with Gasteiger partial charge < -0.3 is 4.74 Å². The maximum atomic E-state index is 12.6. The molecule has 0 aliphatic carbocycles. The van der Waals surface area contributed by atoms with Gasteiger partial charge in [-0.3, -0.25) is 9.59 Å². The average Bonchev–Trinajstić information content (AvgIpc) is 2.78. The van der Waals surface area contributed by atoms with Gasteiger partial charge in [0.2, 0.25) is 10.0 Å². The molecule has 0 heterocycles. The zero-order chi connectivity index (χ0) is 22.4. The average molecular weight is 438 g/mol. The van der Waals surface area contributed by atoms with Crippen molar-refractivity contribution in [2.45, 2.75) is 18.4 Å². The summed E-state index contributed by atoms with van der Waals surface area (Å²) in [6.07, 6.45) is 0. The van der Waals surface area contributed by atoms with Gasteiger partial charge in [-0.25, -0.2) is 8.42 Å². The van der Waals surface area contributed by atoms with Crippen LogP contribution in [0.3, 0.4) is 0 Å². The van der Waals surface area contributed by atoms with Crippen LogP contribution < -0.4 is 0 Å². The lowest BCUT2D eigenvalue weighted by atomic mass is 10.0. The van der Waals surface area contributed by atoms with E-state index < -0.39 is 22.5 Å². The van der Waals surface area contributed by atoms with Crippen molar-refractivity contribution in [1.82, 2.24) is 4.31 Å². The van der Waals surface area contributed by atoms with Gasteiger partial charge >= 0.3 is 5.97 Å². The van der Waals surface area contributed by atoms with Crippen LogP contribution in [0.4, 0.5) is 0 Å². The number of benzene rings is 3. The molecule has 0 fully saturated rings. The van der Waals surface area contributed by atoms with Gasteiger partial charge in [-0.2, -0.15) is 4.31 Å². The Labute approximate surface area is 182 Å². The quantitative estimate of drug-likeness (QED) is 0.394. The first kappa shape index (κ1) is 22.4. The number of ketones is 1. The third-order valence-electron chi connectivity index (χ3n) is 4.78. The molecule has 0 aliphatic rings. The Balaban J connectivity index is 1.56. The number of hydrogen-bond acceptors (Lipinski definition) is 5. The number of esters is 1. The highest BCUT2D eigenvalue weighted by Gasteiger charge is 2.23. The monoisotopic (exact) mass is 437 g/mol. The van der Waals surface area contributed by atoms with Crippen LogP contribution in [-0.4, -0.2) is 38.1 Å². The van der Waals surface area contributed by atoms with E-state index in [0.717, 1.165) is 21.0 Å². The zero-order valence-corrected chi connectivity index (χ0v) is 18.1. The number of hydrogen-bond donors (Lipinski definition) is 0. The molecule has 0 amide bonds. The fraction of sp³-hybridized carbons (Fsp3) is 0.167. The molecule has 0 radical (unpaired) electrons. The lowest BCUT2D eigenvalue weighted by Crippen LogP contribution is -2.33. The Morgan fingerprint density at radius 2 is 1.42 bits per heavy atom. The second kappa shape index (κ2) is 9.68. The lowest BCUT2D eigenvalue weighted by molar-refractivity contribution is -0.144. The van der Waals surface area contributed by atoms with Crippen LogP contribution in [0, 0.1) is 0 Å². The molecule has 160 valence electrons. The Hall–Kier alpha value is -3.29. The van der Waals surface area contributed by atoms with E-state index in [1.807, 2.05) is 54.6 Å². The molecule has 3 aromatic carbocycles. The number of carbonyl (C=O) groups excluding carboxylic acids is 2. The molecule has 0 aliphatic heterocycles. The molecule has 0 spiro atoms. The number of ether oxygens (including phenoxy) is 1. The van der Waals surface area contributed by atoms with Crippen LogP contribution in [-0.2, 0) is 26.2 Å².